The predicted octanol–water partition coefficient (Wildman–Crippen LogP) is 3.44. The van der Waals surface area contributed by atoms with Crippen molar-refractivity contribution in [2.24, 2.45) is 0 Å². The lowest BCUT2D eigenvalue weighted by Crippen LogP contribution is -2.24. The Hall–Kier alpha value is -2.53. The van der Waals surface area contributed by atoms with Crippen molar-refractivity contribution in [2.45, 2.75) is 13.5 Å². The molecule has 0 aliphatic rings. The van der Waals surface area contributed by atoms with Gasteiger partial charge in [0.2, 0.25) is 0 Å². The fourth-order valence-corrected chi connectivity index (χ4v) is 3.04. The predicted molar refractivity (Wildman–Crippen MR) is 87.7 cm³/mol. The summed E-state index contributed by atoms with van der Waals surface area (Å²) in [5, 5.41) is 3.76. The van der Waals surface area contributed by atoms with Crippen LogP contribution in [-0.4, -0.2) is 15.9 Å². The molecule has 5 heteroatoms. The third kappa shape index (κ3) is 3.20. The van der Waals surface area contributed by atoms with Gasteiger partial charge in [-0.15, -0.1) is 11.3 Å². The van der Waals surface area contributed by atoms with Gasteiger partial charge in [-0.1, -0.05) is 36.4 Å². The Morgan fingerprint density at radius 1 is 1.14 bits per heavy atom. The number of nitrogens with zero attached hydrogens (tertiary/aromatic N) is 2. The van der Waals surface area contributed by atoms with Crippen molar-refractivity contribution in [1.29, 1.82) is 0 Å². The zero-order valence-corrected chi connectivity index (χ0v) is 12.9. The van der Waals surface area contributed by atoms with Crippen LogP contribution in [0.2, 0.25) is 0 Å². The van der Waals surface area contributed by atoms with Crippen LogP contribution < -0.4 is 5.32 Å². The van der Waals surface area contributed by atoms with E-state index in [-0.39, 0.29) is 5.91 Å². The van der Waals surface area contributed by atoms with Crippen LogP contribution in [0.3, 0.4) is 0 Å². The number of hydrogen-bond donors (Lipinski definition) is 1. The van der Waals surface area contributed by atoms with Crippen LogP contribution in [0.5, 0.6) is 0 Å². The highest BCUT2D eigenvalue weighted by Crippen LogP contribution is 2.29. The quantitative estimate of drug-likeness (QED) is 0.803. The monoisotopic (exact) mass is 309 g/mol. The van der Waals surface area contributed by atoms with Crippen LogP contribution in [0.25, 0.3) is 10.4 Å². The van der Waals surface area contributed by atoms with Gasteiger partial charge in [-0.3, -0.25) is 9.78 Å². The number of aromatic nitrogens is 2. The smallest absolute Gasteiger partial charge is 0.271 e. The third-order valence-electron chi connectivity index (χ3n) is 3.14. The topological polar surface area (TPSA) is 54.9 Å². The van der Waals surface area contributed by atoms with Gasteiger partial charge in [0.1, 0.15) is 5.69 Å². The Bertz CT molecular complexity index is 769. The van der Waals surface area contributed by atoms with Crippen LogP contribution in [0.15, 0.2) is 54.7 Å². The first-order valence-corrected chi connectivity index (χ1v) is 7.76. The van der Waals surface area contributed by atoms with Crippen molar-refractivity contribution >= 4 is 17.2 Å². The van der Waals surface area contributed by atoms with Gasteiger partial charge in [-0.05, 0) is 24.6 Å². The number of nitrogens with one attached hydrogen (secondary N) is 1. The highest BCUT2D eigenvalue weighted by molar-refractivity contribution is 7.15. The van der Waals surface area contributed by atoms with Crippen molar-refractivity contribution in [2.75, 3.05) is 0 Å². The van der Waals surface area contributed by atoms with Gasteiger partial charge >= 0.3 is 0 Å². The summed E-state index contributed by atoms with van der Waals surface area (Å²) in [6.07, 6.45) is 1.71. The standard InChI is InChI=1S/C17H15N3OS/c1-12-20-15(16(22-12)13-7-3-2-4-8-13)17(21)19-11-14-9-5-6-10-18-14/h2-10H,11H2,1H3,(H,19,21). The van der Waals surface area contributed by atoms with Gasteiger partial charge in [0.25, 0.3) is 5.91 Å². The molecule has 0 unspecified atom stereocenters. The molecule has 3 aromatic rings. The van der Waals surface area contributed by atoms with Crippen LogP contribution in [0.1, 0.15) is 21.2 Å². The zero-order valence-electron chi connectivity index (χ0n) is 12.1. The van der Waals surface area contributed by atoms with E-state index < -0.39 is 0 Å². The fourth-order valence-electron chi connectivity index (χ4n) is 2.12. The average molecular weight is 309 g/mol. The molecule has 1 N–H and O–H groups in total. The number of aryl methyl sites for hydroxylation is 1. The summed E-state index contributed by atoms with van der Waals surface area (Å²) in [5.41, 5.74) is 2.31. The van der Waals surface area contributed by atoms with Crippen LogP contribution in [-0.2, 0) is 6.54 Å². The SMILES string of the molecule is Cc1nc(C(=O)NCc2ccccn2)c(-c2ccccc2)s1. The van der Waals surface area contributed by atoms with Gasteiger partial charge < -0.3 is 5.32 Å². The molecule has 0 radical (unpaired) electrons. The molecule has 0 aliphatic heterocycles. The molecule has 2 heterocycles. The van der Waals surface area contributed by atoms with E-state index >= 15 is 0 Å². The molecule has 0 spiro atoms. The van der Waals surface area contributed by atoms with Gasteiger partial charge in [0.15, 0.2) is 0 Å². The minimum atomic E-state index is -0.172. The molecule has 22 heavy (non-hydrogen) atoms. The number of pyridine rings is 1. The molecule has 0 saturated carbocycles. The summed E-state index contributed by atoms with van der Waals surface area (Å²) in [4.78, 5) is 21.9. The Kier molecular flexibility index (Phi) is 4.25. The number of thiazole rings is 1. The summed E-state index contributed by atoms with van der Waals surface area (Å²) in [5.74, 6) is -0.172. The van der Waals surface area contributed by atoms with E-state index in [0.29, 0.717) is 12.2 Å². The van der Waals surface area contributed by atoms with Crippen LogP contribution in [0, 0.1) is 6.92 Å². The Morgan fingerprint density at radius 2 is 1.91 bits per heavy atom. The van der Waals surface area contributed by atoms with Crippen LogP contribution in [0.4, 0.5) is 0 Å². The molecular weight excluding hydrogens is 294 g/mol. The maximum absolute atomic E-state index is 12.4. The Morgan fingerprint density at radius 3 is 2.64 bits per heavy atom. The van der Waals surface area contributed by atoms with Gasteiger partial charge in [-0.2, -0.15) is 0 Å². The number of carbonyl (C=O) groups excluding carboxylic acids is 1. The maximum Gasteiger partial charge on any atom is 0.271 e. The summed E-state index contributed by atoms with van der Waals surface area (Å²) >= 11 is 1.53. The molecule has 0 aliphatic carbocycles. The summed E-state index contributed by atoms with van der Waals surface area (Å²) in [7, 11) is 0. The second-order valence-electron chi connectivity index (χ2n) is 4.78. The summed E-state index contributed by atoms with van der Waals surface area (Å²) in [6.45, 7) is 2.30. The average Bonchev–Trinajstić information content (AvgIpc) is 2.96. The van der Waals surface area contributed by atoms with E-state index in [1.807, 2.05) is 55.5 Å². The maximum atomic E-state index is 12.4. The summed E-state index contributed by atoms with van der Waals surface area (Å²) in [6, 6.07) is 15.5. The molecule has 110 valence electrons. The van der Waals surface area contributed by atoms with E-state index in [1.54, 1.807) is 6.20 Å². The lowest BCUT2D eigenvalue weighted by molar-refractivity contribution is 0.0946. The molecule has 0 atom stereocenters. The van der Waals surface area contributed by atoms with Gasteiger partial charge in [-0.25, -0.2) is 4.98 Å². The molecule has 2 aromatic heterocycles. The minimum absolute atomic E-state index is 0.172. The van der Waals surface area contributed by atoms with E-state index in [0.717, 1.165) is 21.1 Å². The molecule has 1 amide bonds. The van der Waals surface area contributed by atoms with E-state index in [2.05, 4.69) is 15.3 Å². The van der Waals surface area contributed by atoms with Gasteiger partial charge in [0.05, 0.1) is 22.1 Å². The Balaban J connectivity index is 1.81. The number of benzene rings is 1. The van der Waals surface area contributed by atoms with Crippen molar-refractivity contribution in [3.8, 4) is 10.4 Å². The van der Waals surface area contributed by atoms with Crippen molar-refractivity contribution < 1.29 is 4.79 Å². The first-order chi connectivity index (χ1) is 10.7. The second kappa shape index (κ2) is 6.49. The van der Waals surface area contributed by atoms with E-state index in [4.69, 9.17) is 0 Å². The number of rotatable bonds is 4. The zero-order chi connectivity index (χ0) is 15.4. The van der Waals surface area contributed by atoms with E-state index in [9.17, 15) is 4.79 Å². The van der Waals surface area contributed by atoms with E-state index in [1.165, 1.54) is 11.3 Å². The fraction of sp³-hybridized carbons (Fsp3) is 0.118. The lowest BCUT2D eigenvalue weighted by atomic mass is 10.1. The van der Waals surface area contributed by atoms with Crippen LogP contribution >= 0.6 is 11.3 Å². The molecule has 0 saturated heterocycles. The second-order valence-corrected chi connectivity index (χ2v) is 5.98. The highest BCUT2D eigenvalue weighted by atomic mass is 32.1. The van der Waals surface area contributed by atoms with Crippen molar-refractivity contribution in [1.82, 2.24) is 15.3 Å². The molecule has 4 nitrogen and oxygen atoms in total. The number of carbonyl (C=O) groups is 1. The Labute approximate surface area is 132 Å². The summed E-state index contributed by atoms with van der Waals surface area (Å²) < 4.78 is 0. The first kappa shape index (κ1) is 14.4. The van der Waals surface area contributed by atoms with Crippen molar-refractivity contribution in [3.05, 3.63) is 71.1 Å². The molecular formula is C17H15N3OS. The number of amides is 1. The molecule has 1 aromatic carbocycles. The van der Waals surface area contributed by atoms with Gasteiger partial charge in [0, 0.05) is 6.20 Å². The minimum Gasteiger partial charge on any atom is -0.345 e. The van der Waals surface area contributed by atoms with Crippen molar-refractivity contribution in [3.63, 3.8) is 0 Å². The molecule has 3 rings (SSSR count). The largest absolute Gasteiger partial charge is 0.345 e. The molecule has 0 fully saturated rings. The third-order valence-corrected chi connectivity index (χ3v) is 4.16. The molecule has 0 bridgehead atoms. The normalized spacial score (nSPS) is 10.4. The number of hydrogen-bond acceptors (Lipinski definition) is 4. The lowest BCUT2D eigenvalue weighted by Gasteiger charge is -2.05. The highest BCUT2D eigenvalue weighted by Gasteiger charge is 2.17. The first-order valence-electron chi connectivity index (χ1n) is 6.95.